The van der Waals surface area contributed by atoms with E-state index in [1.165, 1.54) is 36.8 Å². The van der Waals surface area contributed by atoms with Crippen molar-refractivity contribution in [2.75, 3.05) is 13.2 Å². The number of unbranched alkanes of at least 4 members (excludes halogenated alkanes) is 7. The van der Waals surface area contributed by atoms with Crippen LogP contribution < -0.4 is 0 Å². The molecule has 1 aromatic rings. The number of aryl methyl sites for hydroxylation is 1. The molecular weight excluding hydrogens is 322 g/mol. The molecule has 0 N–H and O–H groups in total. The maximum atomic E-state index is 12.2. The van der Waals surface area contributed by atoms with Gasteiger partial charge in [0, 0.05) is 6.54 Å². The number of ether oxygens (including phenoxy) is 2. The van der Waals surface area contributed by atoms with Crippen molar-refractivity contribution >= 4 is 11.9 Å². The van der Waals surface area contributed by atoms with Crippen LogP contribution in [0.3, 0.4) is 0 Å². The summed E-state index contributed by atoms with van der Waals surface area (Å²) in [5, 5.41) is 7.77. The Bertz CT molecular complexity index is 528. The number of hydrogen-bond donors (Lipinski definition) is 0. The Kier molecular flexibility index (Phi) is 10.5. The molecule has 1 rings (SSSR count). The van der Waals surface area contributed by atoms with Crippen LogP contribution in [0.4, 0.5) is 0 Å². The van der Waals surface area contributed by atoms with E-state index < -0.39 is 11.9 Å². The summed E-state index contributed by atoms with van der Waals surface area (Å²) in [6.07, 6.45) is 9.47. The van der Waals surface area contributed by atoms with Crippen LogP contribution >= 0.6 is 0 Å². The van der Waals surface area contributed by atoms with E-state index in [1.54, 1.807) is 13.8 Å². The van der Waals surface area contributed by atoms with Gasteiger partial charge in [-0.3, -0.25) is 0 Å². The van der Waals surface area contributed by atoms with Crippen molar-refractivity contribution in [2.45, 2.75) is 78.7 Å². The van der Waals surface area contributed by atoms with Gasteiger partial charge in [-0.1, -0.05) is 57.1 Å². The summed E-state index contributed by atoms with van der Waals surface area (Å²) in [5.74, 6) is -1.23. The van der Waals surface area contributed by atoms with Crippen molar-refractivity contribution in [1.29, 1.82) is 0 Å². The van der Waals surface area contributed by atoms with E-state index >= 15 is 0 Å². The molecule has 0 amide bonds. The van der Waals surface area contributed by atoms with Gasteiger partial charge < -0.3 is 9.47 Å². The first kappa shape index (κ1) is 21.1. The van der Waals surface area contributed by atoms with Gasteiger partial charge in [0.25, 0.3) is 0 Å². The Morgan fingerprint density at radius 1 is 0.840 bits per heavy atom. The lowest BCUT2D eigenvalue weighted by Gasteiger charge is -2.07. The van der Waals surface area contributed by atoms with E-state index in [0.717, 1.165) is 19.3 Å². The van der Waals surface area contributed by atoms with Crippen LogP contribution in [0, 0.1) is 0 Å². The molecule has 1 heterocycles. The van der Waals surface area contributed by atoms with E-state index in [0.29, 0.717) is 6.54 Å². The number of carbonyl (C=O) groups is 2. The van der Waals surface area contributed by atoms with E-state index in [1.807, 2.05) is 0 Å². The van der Waals surface area contributed by atoms with E-state index in [4.69, 9.17) is 9.47 Å². The number of nitrogens with zero attached hydrogens (tertiary/aromatic N) is 3. The second-order valence-electron chi connectivity index (χ2n) is 5.93. The average molecular weight is 353 g/mol. The lowest BCUT2D eigenvalue weighted by molar-refractivity contribution is 0.0466. The standard InChI is InChI=1S/C18H31N3O4/c1-4-7-8-9-10-11-12-13-14-21-16(18(23)25-6-3)15(19-20-21)17(22)24-5-2/h4-14H2,1-3H3. The number of aromatic nitrogens is 3. The molecule has 0 aromatic carbocycles. The van der Waals surface area contributed by atoms with Crippen LogP contribution in [0.2, 0.25) is 0 Å². The van der Waals surface area contributed by atoms with Crippen LogP contribution in [0.1, 0.15) is 93.1 Å². The van der Waals surface area contributed by atoms with Crippen LogP contribution in [-0.2, 0) is 16.0 Å². The summed E-state index contributed by atoms with van der Waals surface area (Å²) >= 11 is 0. The normalized spacial score (nSPS) is 10.7. The Morgan fingerprint density at radius 2 is 1.40 bits per heavy atom. The summed E-state index contributed by atoms with van der Waals surface area (Å²) in [7, 11) is 0. The van der Waals surface area contributed by atoms with Crippen molar-refractivity contribution < 1.29 is 19.1 Å². The highest BCUT2D eigenvalue weighted by molar-refractivity contribution is 6.00. The van der Waals surface area contributed by atoms with Crippen molar-refractivity contribution in [2.24, 2.45) is 0 Å². The zero-order valence-electron chi connectivity index (χ0n) is 15.8. The van der Waals surface area contributed by atoms with Crippen molar-refractivity contribution in [1.82, 2.24) is 15.0 Å². The highest BCUT2D eigenvalue weighted by atomic mass is 16.5. The van der Waals surface area contributed by atoms with Crippen molar-refractivity contribution in [3.8, 4) is 0 Å². The third-order valence-corrected chi connectivity index (χ3v) is 3.90. The van der Waals surface area contributed by atoms with Gasteiger partial charge >= 0.3 is 11.9 Å². The Hall–Kier alpha value is -1.92. The van der Waals surface area contributed by atoms with Gasteiger partial charge in [-0.05, 0) is 20.3 Å². The van der Waals surface area contributed by atoms with Gasteiger partial charge in [0.15, 0.2) is 5.69 Å². The minimum atomic E-state index is -0.646. The molecule has 25 heavy (non-hydrogen) atoms. The molecule has 0 aliphatic rings. The fourth-order valence-corrected chi connectivity index (χ4v) is 2.60. The molecule has 0 spiro atoms. The van der Waals surface area contributed by atoms with Gasteiger partial charge in [0.2, 0.25) is 5.69 Å². The Morgan fingerprint density at radius 3 is 2.00 bits per heavy atom. The molecule has 1 aromatic heterocycles. The minimum absolute atomic E-state index is 0.0696. The van der Waals surface area contributed by atoms with Gasteiger partial charge in [0.1, 0.15) is 0 Å². The number of carbonyl (C=O) groups excluding carboxylic acids is 2. The molecule has 0 fully saturated rings. The highest BCUT2D eigenvalue weighted by Gasteiger charge is 2.27. The Labute approximate surface area is 150 Å². The first-order chi connectivity index (χ1) is 12.2. The Balaban J connectivity index is 2.57. The maximum Gasteiger partial charge on any atom is 0.361 e. The first-order valence-corrected chi connectivity index (χ1v) is 9.43. The van der Waals surface area contributed by atoms with Crippen LogP contribution in [0.25, 0.3) is 0 Å². The van der Waals surface area contributed by atoms with Crippen LogP contribution in [0.5, 0.6) is 0 Å². The topological polar surface area (TPSA) is 83.3 Å². The molecule has 7 heteroatoms. The zero-order valence-corrected chi connectivity index (χ0v) is 15.8. The predicted octanol–water partition coefficient (Wildman–Crippen LogP) is 3.77. The quantitative estimate of drug-likeness (QED) is 0.396. The molecule has 142 valence electrons. The SMILES string of the molecule is CCCCCCCCCCn1nnc(C(=O)OCC)c1C(=O)OCC. The number of esters is 2. The maximum absolute atomic E-state index is 12.2. The van der Waals surface area contributed by atoms with Gasteiger partial charge in [-0.25, -0.2) is 14.3 Å². The molecule has 0 aliphatic heterocycles. The van der Waals surface area contributed by atoms with Crippen molar-refractivity contribution in [3.05, 3.63) is 11.4 Å². The highest BCUT2D eigenvalue weighted by Crippen LogP contribution is 2.13. The third kappa shape index (κ3) is 7.23. The second-order valence-corrected chi connectivity index (χ2v) is 5.93. The molecular formula is C18H31N3O4. The fraction of sp³-hybridized carbons (Fsp3) is 0.778. The average Bonchev–Trinajstić information content (AvgIpc) is 3.02. The van der Waals surface area contributed by atoms with Crippen molar-refractivity contribution in [3.63, 3.8) is 0 Å². The van der Waals surface area contributed by atoms with E-state index in [-0.39, 0.29) is 24.6 Å². The molecule has 0 saturated carbocycles. The van der Waals surface area contributed by atoms with Crippen LogP contribution in [0.15, 0.2) is 0 Å². The molecule has 0 bridgehead atoms. The lowest BCUT2D eigenvalue weighted by Crippen LogP contribution is -2.18. The molecule has 0 saturated heterocycles. The molecule has 0 unspecified atom stereocenters. The summed E-state index contributed by atoms with van der Waals surface area (Å²) < 4.78 is 11.4. The zero-order chi connectivity index (χ0) is 18.5. The summed E-state index contributed by atoms with van der Waals surface area (Å²) in [6.45, 7) is 6.61. The summed E-state index contributed by atoms with van der Waals surface area (Å²) in [5.41, 5.74) is 0.0168. The minimum Gasteiger partial charge on any atom is -0.461 e. The summed E-state index contributed by atoms with van der Waals surface area (Å²) in [6, 6.07) is 0. The monoisotopic (exact) mass is 353 g/mol. The second kappa shape index (κ2) is 12.4. The van der Waals surface area contributed by atoms with E-state index in [9.17, 15) is 9.59 Å². The summed E-state index contributed by atoms with van der Waals surface area (Å²) in [4.78, 5) is 24.1. The molecule has 0 radical (unpaired) electrons. The van der Waals surface area contributed by atoms with Gasteiger partial charge in [-0.15, -0.1) is 5.10 Å². The lowest BCUT2D eigenvalue weighted by atomic mass is 10.1. The van der Waals surface area contributed by atoms with Crippen LogP contribution in [-0.4, -0.2) is 40.1 Å². The van der Waals surface area contributed by atoms with Gasteiger partial charge in [0.05, 0.1) is 13.2 Å². The molecule has 7 nitrogen and oxygen atoms in total. The largest absolute Gasteiger partial charge is 0.461 e. The third-order valence-electron chi connectivity index (χ3n) is 3.90. The predicted molar refractivity (Wildman–Crippen MR) is 94.5 cm³/mol. The fourth-order valence-electron chi connectivity index (χ4n) is 2.60. The van der Waals surface area contributed by atoms with Gasteiger partial charge in [-0.2, -0.15) is 0 Å². The molecule has 0 atom stereocenters. The first-order valence-electron chi connectivity index (χ1n) is 9.43. The molecule has 0 aliphatic carbocycles. The number of rotatable bonds is 13. The van der Waals surface area contributed by atoms with E-state index in [2.05, 4.69) is 17.2 Å². The number of hydrogen-bond acceptors (Lipinski definition) is 6. The smallest absolute Gasteiger partial charge is 0.361 e.